The molecule has 0 saturated carbocycles. The molecule has 1 amide bonds. The highest BCUT2D eigenvalue weighted by atomic mass is 32.1. The lowest BCUT2D eigenvalue weighted by atomic mass is 9.93. The van der Waals surface area contributed by atoms with Crippen molar-refractivity contribution in [1.29, 1.82) is 0 Å². The van der Waals surface area contributed by atoms with E-state index < -0.39 is 12.0 Å². The van der Waals surface area contributed by atoms with Crippen molar-refractivity contribution >= 4 is 23.2 Å². The first kappa shape index (κ1) is 15.0. The van der Waals surface area contributed by atoms with Crippen molar-refractivity contribution in [3.05, 3.63) is 22.4 Å². The Kier molecular flexibility index (Phi) is 5.14. The standard InChI is InChI=1S/C14H20N2O3S/c1-9-4-5-15-11(7-9)14(19)16-10(8-13(17)18)12-3-2-6-20-12/h2-3,6,9-11,15H,4-5,7-8H2,1H3,(H,16,19)(H,17,18). The van der Waals surface area contributed by atoms with Gasteiger partial charge in [0.1, 0.15) is 0 Å². The molecular formula is C14H20N2O3S. The number of nitrogens with one attached hydrogen (secondary N) is 2. The maximum atomic E-state index is 12.3. The molecule has 1 saturated heterocycles. The van der Waals surface area contributed by atoms with E-state index in [0.717, 1.165) is 24.3 Å². The van der Waals surface area contributed by atoms with Crippen molar-refractivity contribution < 1.29 is 14.7 Å². The Hall–Kier alpha value is -1.40. The molecule has 0 radical (unpaired) electrons. The topological polar surface area (TPSA) is 78.4 Å². The van der Waals surface area contributed by atoms with Crippen molar-refractivity contribution in [2.45, 2.75) is 38.3 Å². The van der Waals surface area contributed by atoms with Crippen LogP contribution in [0.3, 0.4) is 0 Å². The molecule has 1 aromatic rings. The van der Waals surface area contributed by atoms with Gasteiger partial charge in [0.15, 0.2) is 0 Å². The Labute approximate surface area is 122 Å². The van der Waals surface area contributed by atoms with Gasteiger partial charge in [0.05, 0.1) is 18.5 Å². The first-order valence-corrected chi connectivity index (χ1v) is 7.73. The molecule has 3 atom stereocenters. The predicted molar refractivity (Wildman–Crippen MR) is 77.6 cm³/mol. The fraction of sp³-hybridized carbons (Fsp3) is 0.571. The number of carboxylic acids is 1. The van der Waals surface area contributed by atoms with Gasteiger partial charge >= 0.3 is 5.97 Å². The van der Waals surface area contributed by atoms with E-state index in [4.69, 9.17) is 5.11 Å². The lowest BCUT2D eigenvalue weighted by molar-refractivity contribution is -0.137. The van der Waals surface area contributed by atoms with Gasteiger partial charge < -0.3 is 15.7 Å². The Morgan fingerprint density at radius 1 is 1.60 bits per heavy atom. The maximum absolute atomic E-state index is 12.3. The van der Waals surface area contributed by atoms with Crippen LogP contribution in [-0.2, 0) is 9.59 Å². The molecule has 1 aliphatic rings. The summed E-state index contributed by atoms with van der Waals surface area (Å²) in [5.41, 5.74) is 0. The van der Waals surface area contributed by atoms with E-state index in [-0.39, 0.29) is 18.4 Å². The van der Waals surface area contributed by atoms with Crippen molar-refractivity contribution in [2.24, 2.45) is 5.92 Å². The molecular weight excluding hydrogens is 276 g/mol. The summed E-state index contributed by atoms with van der Waals surface area (Å²) in [6, 6.07) is 3.06. The van der Waals surface area contributed by atoms with Crippen LogP contribution in [0.5, 0.6) is 0 Å². The SMILES string of the molecule is CC1CCNC(C(=O)NC(CC(=O)O)c2cccs2)C1. The minimum atomic E-state index is -0.909. The zero-order chi connectivity index (χ0) is 14.5. The normalized spacial score (nSPS) is 24.1. The average Bonchev–Trinajstić information content (AvgIpc) is 2.91. The molecule has 6 heteroatoms. The summed E-state index contributed by atoms with van der Waals surface area (Å²) in [7, 11) is 0. The van der Waals surface area contributed by atoms with Crippen molar-refractivity contribution in [3.63, 3.8) is 0 Å². The van der Waals surface area contributed by atoms with Crippen LogP contribution in [0.4, 0.5) is 0 Å². The Morgan fingerprint density at radius 2 is 2.40 bits per heavy atom. The van der Waals surface area contributed by atoms with Crippen molar-refractivity contribution in [2.75, 3.05) is 6.54 Å². The molecule has 3 unspecified atom stereocenters. The van der Waals surface area contributed by atoms with Crippen molar-refractivity contribution in [3.8, 4) is 0 Å². The lowest BCUT2D eigenvalue weighted by Crippen LogP contribution is -2.49. The number of amides is 1. The van der Waals surface area contributed by atoms with Gasteiger partial charge in [-0.05, 0) is 36.8 Å². The third kappa shape index (κ3) is 4.05. The van der Waals surface area contributed by atoms with Gasteiger partial charge in [-0.1, -0.05) is 13.0 Å². The minimum Gasteiger partial charge on any atom is -0.481 e. The summed E-state index contributed by atoms with van der Waals surface area (Å²) >= 11 is 1.46. The van der Waals surface area contributed by atoms with E-state index in [1.165, 1.54) is 11.3 Å². The number of carbonyl (C=O) groups excluding carboxylic acids is 1. The first-order chi connectivity index (χ1) is 9.56. The molecule has 2 rings (SSSR count). The van der Waals surface area contributed by atoms with Crippen LogP contribution < -0.4 is 10.6 Å². The third-order valence-electron chi connectivity index (χ3n) is 3.56. The summed E-state index contributed by atoms with van der Waals surface area (Å²) in [6.07, 6.45) is 1.79. The van der Waals surface area contributed by atoms with Crippen molar-refractivity contribution in [1.82, 2.24) is 10.6 Å². The molecule has 1 aliphatic heterocycles. The van der Waals surface area contributed by atoms with E-state index in [1.807, 2.05) is 17.5 Å². The van der Waals surface area contributed by atoms with Gasteiger partial charge in [0, 0.05) is 4.88 Å². The zero-order valence-corrected chi connectivity index (χ0v) is 12.3. The van der Waals surface area contributed by atoms with Gasteiger partial charge in [-0.3, -0.25) is 9.59 Å². The Bertz CT molecular complexity index is 461. The second kappa shape index (κ2) is 6.85. The molecule has 0 bridgehead atoms. The molecule has 0 aromatic carbocycles. The number of hydrogen-bond acceptors (Lipinski definition) is 4. The average molecular weight is 296 g/mol. The molecule has 2 heterocycles. The molecule has 110 valence electrons. The van der Waals surface area contributed by atoms with Crippen LogP contribution in [0.2, 0.25) is 0 Å². The van der Waals surface area contributed by atoms with Gasteiger partial charge in [-0.25, -0.2) is 0 Å². The lowest BCUT2D eigenvalue weighted by Gasteiger charge is -2.28. The fourth-order valence-corrected chi connectivity index (χ4v) is 3.24. The highest BCUT2D eigenvalue weighted by Gasteiger charge is 2.27. The monoisotopic (exact) mass is 296 g/mol. The van der Waals surface area contributed by atoms with Crippen LogP contribution in [-0.4, -0.2) is 29.6 Å². The van der Waals surface area contributed by atoms with E-state index in [1.54, 1.807) is 0 Å². The van der Waals surface area contributed by atoms with Gasteiger partial charge in [0.2, 0.25) is 5.91 Å². The number of aliphatic carboxylic acids is 1. The smallest absolute Gasteiger partial charge is 0.305 e. The highest BCUT2D eigenvalue weighted by molar-refractivity contribution is 7.10. The summed E-state index contributed by atoms with van der Waals surface area (Å²) < 4.78 is 0. The van der Waals surface area contributed by atoms with Crippen LogP contribution in [0.25, 0.3) is 0 Å². The Balaban J connectivity index is 2.00. The number of carbonyl (C=O) groups is 2. The summed E-state index contributed by atoms with van der Waals surface area (Å²) in [6.45, 7) is 2.97. The quantitative estimate of drug-likeness (QED) is 0.774. The maximum Gasteiger partial charge on any atom is 0.305 e. The number of carboxylic acid groups (broad SMARTS) is 1. The van der Waals surface area contributed by atoms with E-state index in [0.29, 0.717) is 5.92 Å². The molecule has 0 spiro atoms. The predicted octanol–water partition coefficient (Wildman–Crippen LogP) is 1.77. The highest BCUT2D eigenvalue weighted by Crippen LogP contribution is 2.23. The first-order valence-electron chi connectivity index (χ1n) is 6.85. The second-order valence-corrected chi connectivity index (χ2v) is 6.29. The summed E-state index contributed by atoms with van der Waals surface area (Å²) in [5.74, 6) is -0.489. The Morgan fingerprint density at radius 3 is 3.00 bits per heavy atom. The molecule has 3 N–H and O–H groups in total. The molecule has 20 heavy (non-hydrogen) atoms. The van der Waals surface area contributed by atoms with Crippen LogP contribution in [0.15, 0.2) is 17.5 Å². The van der Waals surface area contributed by atoms with E-state index in [9.17, 15) is 9.59 Å². The fourth-order valence-electron chi connectivity index (χ4n) is 2.47. The number of piperidine rings is 1. The summed E-state index contributed by atoms with van der Waals surface area (Å²) in [5, 5.41) is 16.9. The molecule has 0 aliphatic carbocycles. The molecule has 5 nitrogen and oxygen atoms in total. The van der Waals surface area contributed by atoms with Gasteiger partial charge in [-0.2, -0.15) is 0 Å². The minimum absolute atomic E-state index is 0.0888. The summed E-state index contributed by atoms with van der Waals surface area (Å²) in [4.78, 5) is 24.1. The second-order valence-electron chi connectivity index (χ2n) is 5.31. The molecule has 1 aromatic heterocycles. The number of hydrogen-bond donors (Lipinski definition) is 3. The van der Waals surface area contributed by atoms with Gasteiger partial charge in [0.25, 0.3) is 0 Å². The zero-order valence-electron chi connectivity index (χ0n) is 11.5. The van der Waals surface area contributed by atoms with Crippen LogP contribution in [0.1, 0.15) is 37.1 Å². The van der Waals surface area contributed by atoms with E-state index >= 15 is 0 Å². The number of thiophene rings is 1. The molecule has 1 fully saturated rings. The van der Waals surface area contributed by atoms with Crippen LogP contribution >= 0.6 is 11.3 Å². The van der Waals surface area contributed by atoms with Crippen LogP contribution in [0, 0.1) is 5.92 Å². The largest absolute Gasteiger partial charge is 0.481 e. The van der Waals surface area contributed by atoms with E-state index in [2.05, 4.69) is 17.6 Å². The third-order valence-corrected chi connectivity index (χ3v) is 4.55. The number of rotatable bonds is 5. The van der Waals surface area contributed by atoms with Gasteiger partial charge in [-0.15, -0.1) is 11.3 Å².